The molecule has 0 aliphatic heterocycles. The number of nitro benzene ring substituents is 1. The van der Waals surface area contributed by atoms with E-state index in [1.165, 1.54) is 23.0 Å². The first kappa shape index (κ1) is 19.8. The molecule has 0 aliphatic carbocycles. The van der Waals surface area contributed by atoms with Crippen molar-refractivity contribution in [1.82, 2.24) is 30.3 Å². The third kappa shape index (κ3) is 4.40. The predicted molar refractivity (Wildman–Crippen MR) is 110 cm³/mol. The van der Waals surface area contributed by atoms with Crippen LogP contribution in [0.4, 0.5) is 5.69 Å². The zero-order chi connectivity index (χ0) is 21.8. The molecule has 2 heterocycles. The van der Waals surface area contributed by atoms with Crippen molar-refractivity contribution in [2.75, 3.05) is 7.11 Å². The van der Waals surface area contributed by atoms with Crippen molar-refractivity contribution in [3.8, 4) is 22.8 Å². The lowest BCUT2D eigenvalue weighted by atomic mass is 10.2. The maximum Gasteiger partial charge on any atom is 0.269 e. The molecule has 0 aliphatic rings. The Hall–Kier alpha value is -4.54. The number of non-ortho nitro benzene ring substituents is 1. The van der Waals surface area contributed by atoms with E-state index in [-0.39, 0.29) is 18.1 Å². The number of nitro groups is 1. The van der Waals surface area contributed by atoms with Gasteiger partial charge in [-0.2, -0.15) is 10.2 Å². The van der Waals surface area contributed by atoms with E-state index >= 15 is 0 Å². The fourth-order valence-corrected chi connectivity index (χ4v) is 2.82. The molecule has 1 amide bonds. The summed E-state index contributed by atoms with van der Waals surface area (Å²) < 4.78 is 6.60. The first-order valence-corrected chi connectivity index (χ1v) is 9.17. The zero-order valence-electron chi connectivity index (χ0n) is 16.3. The maximum absolute atomic E-state index is 12.4. The van der Waals surface area contributed by atoms with Crippen molar-refractivity contribution in [1.29, 1.82) is 0 Å². The predicted octanol–water partition coefficient (Wildman–Crippen LogP) is 2.50. The molecule has 0 spiro atoms. The van der Waals surface area contributed by atoms with Crippen molar-refractivity contribution in [2.24, 2.45) is 0 Å². The Morgan fingerprint density at radius 2 is 1.94 bits per heavy atom. The summed E-state index contributed by atoms with van der Waals surface area (Å²) in [5.74, 6) is 1.41. The second-order valence-electron chi connectivity index (χ2n) is 6.46. The number of ether oxygens (including phenoxy) is 1. The van der Waals surface area contributed by atoms with E-state index in [4.69, 9.17) is 4.74 Å². The molecule has 4 rings (SSSR count). The smallest absolute Gasteiger partial charge is 0.269 e. The van der Waals surface area contributed by atoms with Gasteiger partial charge < -0.3 is 10.1 Å². The van der Waals surface area contributed by atoms with Crippen LogP contribution in [-0.2, 0) is 6.54 Å². The van der Waals surface area contributed by atoms with Crippen molar-refractivity contribution in [3.63, 3.8) is 0 Å². The topological polar surface area (TPSA) is 141 Å². The number of carbonyl (C=O) groups is 1. The third-order valence-electron chi connectivity index (χ3n) is 4.47. The van der Waals surface area contributed by atoms with Gasteiger partial charge in [-0.05, 0) is 36.4 Å². The van der Waals surface area contributed by atoms with Crippen LogP contribution in [0.5, 0.6) is 5.75 Å². The molecule has 0 radical (unpaired) electrons. The van der Waals surface area contributed by atoms with Crippen molar-refractivity contribution >= 4 is 11.6 Å². The van der Waals surface area contributed by atoms with Crippen molar-refractivity contribution in [2.45, 2.75) is 6.54 Å². The number of rotatable bonds is 7. The van der Waals surface area contributed by atoms with Gasteiger partial charge in [-0.25, -0.2) is 9.67 Å². The van der Waals surface area contributed by atoms with Crippen LogP contribution in [-0.4, -0.2) is 42.9 Å². The Bertz CT molecular complexity index is 1210. The van der Waals surface area contributed by atoms with Crippen LogP contribution in [0.15, 0.2) is 60.9 Å². The van der Waals surface area contributed by atoms with E-state index in [1.807, 2.05) is 24.3 Å². The number of carbonyl (C=O) groups excluding carboxylic acids is 1. The molecule has 2 aromatic carbocycles. The van der Waals surface area contributed by atoms with Crippen molar-refractivity contribution in [3.05, 3.63) is 82.4 Å². The molecule has 11 heteroatoms. The number of aromatic amines is 1. The van der Waals surface area contributed by atoms with Gasteiger partial charge in [0, 0.05) is 23.9 Å². The van der Waals surface area contributed by atoms with Gasteiger partial charge in [-0.3, -0.25) is 20.0 Å². The number of nitrogens with zero attached hydrogens (tertiary/aromatic N) is 5. The van der Waals surface area contributed by atoms with Gasteiger partial charge in [0.2, 0.25) is 0 Å². The molecule has 0 saturated heterocycles. The van der Waals surface area contributed by atoms with Crippen LogP contribution < -0.4 is 10.1 Å². The monoisotopic (exact) mass is 419 g/mol. The Morgan fingerprint density at radius 3 is 2.61 bits per heavy atom. The van der Waals surface area contributed by atoms with E-state index in [9.17, 15) is 14.9 Å². The number of hydrogen-bond donors (Lipinski definition) is 2. The number of benzene rings is 2. The average Bonchev–Trinajstić information content (AvgIpc) is 3.48. The molecule has 2 N–H and O–H groups in total. The molecule has 0 unspecified atom stereocenters. The number of hydrogen-bond acceptors (Lipinski definition) is 7. The van der Waals surface area contributed by atoms with Gasteiger partial charge in [-0.1, -0.05) is 0 Å². The zero-order valence-corrected chi connectivity index (χ0v) is 16.3. The summed E-state index contributed by atoms with van der Waals surface area (Å²) in [5, 5.41) is 24.6. The summed E-state index contributed by atoms with van der Waals surface area (Å²) in [5.41, 5.74) is 1.74. The average molecular weight is 419 g/mol. The van der Waals surface area contributed by atoms with E-state index in [2.05, 4.69) is 25.6 Å². The van der Waals surface area contributed by atoms with E-state index in [0.29, 0.717) is 22.9 Å². The first-order valence-electron chi connectivity index (χ1n) is 9.17. The molecule has 0 bridgehead atoms. The van der Waals surface area contributed by atoms with Gasteiger partial charge in [-0.15, -0.1) is 0 Å². The van der Waals surface area contributed by atoms with Crippen LogP contribution in [0, 0.1) is 10.1 Å². The SMILES string of the molecule is COc1ccc(-c2n[nH]c(CNC(=O)c3cnn(-c4ccc([N+](=O)[O-])cc4)c3)n2)cc1. The summed E-state index contributed by atoms with van der Waals surface area (Å²) in [6.45, 7) is 0.157. The Kier molecular flexibility index (Phi) is 5.39. The fraction of sp³-hybridized carbons (Fsp3) is 0.100. The highest BCUT2D eigenvalue weighted by atomic mass is 16.6. The highest BCUT2D eigenvalue weighted by molar-refractivity contribution is 5.93. The second kappa shape index (κ2) is 8.45. The van der Waals surface area contributed by atoms with E-state index in [1.54, 1.807) is 25.4 Å². The minimum Gasteiger partial charge on any atom is -0.497 e. The second-order valence-corrected chi connectivity index (χ2v) is 6.46. The highest BCUT2D eigenvalue weighted by Crippen LogP contribution is 2.19. The fourth-order valence-electron chi connectivity index (χ4n) is 2.82. The van der Waals surface area contributed by atoms with Crippen molar-refractivity contribution < 1.29 is 14.5 Å². The van der Waals surface area contributed by atoms with Gasteiger partial charge >= 0.3 is 0 Å². The standard InChI is InChI=1S/C20H17N7O4/c1-31-17-8-2-13(3-9-17)19-23-18(24-25-19)11-21-20(28)14-10-22-26(12-14)15-4-6-16(7-5-15)27(29)30/h2-10,12H,11H2,1H3,(H,21,28)(H,23,24,25). The summed E-state index contributed by atoms with van der Waals surface area (Å²) in [4.78, 5) is 27.1. The summed E-state index contributed by atoms with van der Waals surface area (Å²) in [6, 6.07) is 13.2. The molecule has 2 aromatic heterocycles. The maximum atomic E-state index is 12.4. The normalized spacial score (nSPS) is 10.6. The number of methoxy groups -OCH3 is 1. The quantitative estimate of drug-likeness (QED) is 0.346. The minimum atomic E-state index is -0.477. The molecule has 0 saturated carbocycles. The van der Waals surface area contributed by atoms with Gasteiger partial charge in [0.05, 0.1) is 36.0 Å². The summed E-state index contributed by atoms with van der Waals surface area (Å²) in [7, 11) is 1.60. The molecular weight excluding hydrogens is 402 g/mol. The Morgan fingerprint density at radius 1 is 1.19 bits per heavy atom. The Balaban J connectivity index is 1.38. The van der Waals surface area contributed by atoms with Gasteiger partial charge in [0.25, 0.3) is 11.6 Å². The number of aromatic nitrogens is 5. The lowest BCUT2D eigenvalue weighted by Gasteiger charge is -2.01. The third-order valence-corrected chi connectivity index (χ3v) is 4.47. The highest BCUT2D eigenvalue weighted by Gasteiger charge is 2.12. The molecule has 0 fully saturated rings. The van der Waals surface area contributed by atoms with E-state index in [0.717, 1.165) is 11.3 Å². The van der Waals surface area contributed by atoms with Crippen LogP contribution in [0.1, 0.15) is 16.2 Å². The molecule has 31 heavy (non-hydrogen) atoms. The van der Waals surface area contributed by atoms with Gasteiger partial charge in [0.15, 0.2) is 5.82 Å². The van der Waals surface area contributed by atoms with Crippen LogP contribution in [0.2, 0.25) is 0 Å². The lowest BCUT2D eigenvalue weighted by molar-refractivity contribution is -0.384. The molecular formula is C20H17N7O4. The van der Waals surface area contributed by atoms with Crippen LogP contribution in [0.25, 0.3) is 17.1 Å². The summed E-state index contributed by atoms with van der Waals surface area (Å²) >= 11 is 0. The van der Waals surface area contributed by atoms with Crippen LogP contribution in [0.3, 0.4) is 0 Å². The number of amides is 1. The molecule has 0 atom stereocenters. The largest absolute Gasteiger partial charge is 0.497 e. The lowest BCUT2D eigenvalue weighted by Crippen LogP contribution is -2.23. The first-order chi connectivity index (χ1) is 15.0. The molecule has 4 aromatic rings. The summed E-state index contributed by atoms with van der Waals surface area (Å²) in [6.07, 6.45) is 2.96. The number of nitrogens with one attached hydrogen (secondary N) is 2. The minimum absolute atomic E-state index is 0.0186. The molecule has 11 nitrogen and oxygen atoms in total. The molecule has 156 valence electrons. The van der Waals surface area contributed by atoms with Crippen LogP contribution >= 0.6 is 0 Å². The number of H-pyrrole nitrogens is 1. The van der Waals surface area contributed by atoms with E-state index < -0.39 is 4.92 Å². The van der Waals surface area contributed by atoms with Gasteiger partial charge in [0.1, 0.15) is 11.6 Å². The Labute approximate surface area is 175 Å².